The van der Waals surface area contributed by atoms with Crippen LogP contribution < -0.4 is 10.2 Å². The molecule has 1 N–H and O–H groups in total. The number of benzene rings is 3. The second-order valence-electron chi connectivity index (χ2n) is 10.5. The number of anilines is 2. The molecule has 7 rings (SSSR count). The van der Waals surface area contributed by atoms with Gasteiger partial charge in [-0.25, -0.2) is 9.67 Å². The van der Waals surface area contributed by atoms with Crippen LogP contribution in [0.2, 0.25) is 0 Å². The van der Waals surface area contributed by atoms with Crippen molar-refractivity contribution >= 4 is 28.1 Å². The Labute approximate surface area is 241 Å². The maximum atomic E-state index is 13.2. The first kappa shape index (κ1) is 25.2. The monoisotopic (exact) mass is 557 g/mol. The number of fused-ring (bicyclic) bond motifs is 2. The number of carbonyl (C=O) groups excluding carboxylic acids is 1. The van der Waals surface area contributed by atoms with Crippen molar-refractivity contribution in [3.63, 3.8) is 0 Å². The first-order valence-corrected chi connectivity index (χ1v) is 14.6. The molecule has 5 aromatic rings. The van der Waals surface area contributed by atoms with Gasteiger partial charge in [-0.2, -0.15) is 5.26 Å². The highest BCUT2D eigenvalue weighted by Gasteiger charge is 2.31. The molecule has 0 fully saturated rings. The van der Waals surface area contributed by atoms with Gasteiger partial charge in [-0.1, -0.05) is 47.7 Å². The molecule has 0 saturated carbocycles. The lowest BCUT2D eigenvalue weighted by molar-refractivity contribution is 0.102. The van der Waals surface area contributed by atoms with Crippen molar-refractivity contribution in [1.82, 2.24) is 20.0 Å². The van der Waals surface area contributed by atoms with E-state index < -0.39 is 0 Å². The highest BCUT2D eigenvalue weighted by Crippen LogP contribution is 2.36. The van der Waals surface area contributed by atoms with E-state index in [0.717, 1.165) is 54.7 Å². The molecule has 1 aliphatic heterocycles. The Hall–Kier alpha value is -4.81. The zero-order chi connectivity index (χ0) is 27.8. The molecule has 1 unspecified atom stereocenters. The molecule has 202 valence electrons. The molecule has 3 heterocycles. The number of nitriles is 1. The van der Waals surface area contributed by atoms with Crippen LogP contribution in [-0.4, -0.2) is 38.5 Å². The lowest BCUT2D eigenvalue weighted by Crippen LogP contribution is -2.37. The van der Waals surface area contributed by atoms with Crippen molar-refractivity contribution < 1.29 is 4.79 Å². The molecule has 3 aromatic carbocycles. The van der Waals surface area contributed by atoms with Gasteiger partial charge in [0.1, 0.15) is 5.69 Å². The molecule has 41 heavy (non-hydrogen) atoms. The number of hydrogen-bond donors (Lipinski definition) is 1. The topological polar surface area (TPSA) is 99.7 Å². The second-order valence-corrected chi connectivity index (χ2v) is 11.6. The Bertz CT molecular complexity index is 1780. The Balaban J connectivity index is 1.01. The minimum absolute atomic E-state index is 0.167. The lowest BCUT2D eigenvalue weighted by atomic mass is 9.96. The van der Waals surface area contributed by atoms with E-state index in [0.29, 0.717) is 28.8 Å². The van der Waals surface area contributed by atoms with E-state index in [4.69, 9.17) is 10.2 Å². The molecule has 1 amide bonds. The van der Waals surface area contributed by atoms with Crippen molar-refractivity contribution in [2.24, 2.45) is 0 Å². The third-order valence-corrected chi connectivity index (χ3v) is 8.92. The van der Waals surface area contributed by atoms with Crippen LogP contribution in [0.5, 0.6) is 0 Å². The summed E-state index contributed by atoms with van der Waals surface area (Å²) >= 11 is 1.60. The number of rotatable bonds is 6. The number of thiazole rings is 1. The van der Waals surface area contributed by atoms with Crippen LogP contribution in [0, 0.1) is 11.3 Å². The van der Waals surface area contributed by atoms with Gasteiger partial charge in [0.2, 0.25) is 0 Å². The number of carbonyl (C=O) groups is 1. The second kappa shape index (κ2) is 10.6. The number of hydrogen-bond acceptors (Lipinski definition) is 7. The largest absolute Gasteiger partial charge is 0.368 e. The van der Waals surface area contributed by atoms with Gasteiger partial charge < -0.3 is 4.90 Å². The first-order valence-electron chi connectivity index (χ1n) is 13.8. The smallest absolute Gasteiger partial charge is 0.257 e. The van der Waals surface area contributed by atoms with Gasteiger partial charge in [-0.15, -0.1) is 16.4 Å². The lowest BCUT2D eigenvalue weighted by Gasteiger charge is -2.32. The fourth-order valence-electron chi connectivity index (χ4n) is 5.81. The van der Waals surface area contributed by atoms with E-state index in [1.807, 2.05) is 42.6 Å². The first-order chi connectivity index (χ1) is 20.1. The van der Waals surface area contributed by atoms with Gasteiger partial charge in [0.25, 0.3) is 5.91 Å². The molecule has 2 aromatic heterocycles. The SMILES string of the molecule is N#Cc1ccc(-c2cn(Cc3cccc(C(=O)Nc4nc5c(s4)CC(N4CCc6ccccc64)CC5)c3)nn2)cc1. The third kappa shape index (κ3) is 5.10. The summed E-state index contributed by atoms with van der Waals surface area (Å²) in [7, 11) is 0. The number of aryl methyl sites for hydroxylation is 1. The van der Waals surface area contributed by atoms with Gasteiger partial charge in [-0.3, -0.25) is 10.1 Å². The Morgan fingerprint density at radius 2 is 1.95 bits per heavy atom. The van der Waals surface area contributed by atoms with Crippen molar-refractivity contribution in [2.75, 3.05) is 16.8 Å². The van der Waals surface area contributed by atoms with E-state index in [1.54, 1.807) is 28.2 Å². The summed E-state index contributed by atoms with van der Waals surface area (Å²) in [5.74, 6) is -0.167. The van der Waals surface area contributed by atoms with Crippen LogP contribution in [0.25, 0.3) is 11.3 Å². The normalized spacial score (nSPS) is 15.7. The van der Waals surface area contributed by atoms with Crippen LogP contribution in [0.15, 0.2) is 79.0 Å². The predicted molar refractivity (Wildman–Crippen MR) is 159 cm³/mol. The van der Waals surface area contributed by atoms with E-state index in [-0.39, 0.29) is 5.91 Å². The summed E-state index contributed by atoms with van der Waals surface area (Å²) < 4.78 is 1.74. The Morgan fingerprint density at radius 1 is 1.07 bits per heavy atom. The molecule has 0 spiro atoms. The Kier molecular flexibility index (Phi) is 6.53. The molecule has 9 heteroatoms. The van der Waals surface area contributed by atoms with E-state index in [1.165, 1.54) is 16.1 Å². The number of nitrogens with zero attached hydrogens (tertiary/aromatic N) is 6. The molecular weight excluding hydrogens is 530 g/mol. The summed E-state index contributed by atoms with van der Waals surface area (Å²) in [6, 6.07) is 26.1. The van der Waals surface area contributed by atoms with Gasteiger partial charge in [0, 0.05) is 40.7 Å². The van der Waals surface area contributed by atoms with Crippen molar-refractivity contribution in [2.45, 2.75) is 38.3 Å². The summed E-state index contributed by atoms with van der Waals surface area (Å²) in [4.78, 5) is 21.8. The van der Waals surface area contributed by atoms with Gasteiger partial charge in [-0.05, 0) is 60.7 Å². The summed E-state index contributed by atoms with van der Waals surface area (Å²) in [5, 5.41) is 21.2. The van der Waals surface area contributed by atoms with E-state index >= 15 is 0 Å². The van der Waals surface area contributed by atoms with Crippen LogP contribution in [-0.2, 0) is 25.8 Å². The number of aromatic nitrogens is 4. The maximum Gasteiger partial charge on any atom is 0.257 e. The Morgan fingerprint density at radius 3 is 2.83 bits per heavy atom. The quantitative estimate of drug-likeness (QED) is 0.296. The molecular formula is C32H27N7OS. The van der Waals surface area contributed by atoms with Crippen LogP contribution >= 0.6 is 11.3 Å². The summed E-state index contributed by atoms with van der Waals surface area (Å²) in [6.07, 6.45) is 5.95. The standard InChI is InChI=1S/C32H27N7OS/c33-18-21-8-10-23(11-9-21)28-20-38(37-36-28)19-22-4-3-6-25(16-22)31(40)35-32-34-27-13-12-26(17-30(27)41-32)39-15-14-24-5-1-2-7-29(24)39/h1-11,16,20,26H,12-15,17,19H2,(H,34,35,40). The third-order valence-electron chi connectivity index (χ3n) is 7.88. The number of para-hydroxylation sites is 1. The highest BCUT2D eigenvalue weighted by molar-refractivity contribution is 7.15. The summed E-state index contributed by atoms with van der Waals surface area (Å²) in [6.45, 7) is 1.56. The van der Waals surface area contributed by atoms with Crippen LogP contribution in [0.4, 0.5) is 10.8 Å². The average Bonchev–Trinajstić information content (AvgIpc) is 3.75. The van der Waals surface area contributed by atoms with Gasteiger partial charge in [0.05, 0.1) is 30.1 Å². The van der Waals surface area contributed by atoms with E-state index in [9.17, 15) is 4.79 Å². The maximum absolute atomic E-state index is 13.2. The molecule has 0 saturated heterocycles. The van der Waals surface area contributed by atoms with Crippen molar-refractivity contribution in [3.05, 3.63) is 112 Å². The number of nitrogens with one attached hydrogen (secondary N) is 1. The molecule has 1 aliphatic carbocycles. The number of amides is 1. The zero-order valence-electron chi connectivity index (χ0n) is 22.3. The van der Waals surface area contributed by atoms with Crippen LogP contribution in [0.3, 0.4) is 0 Å². The van der Waals surface area contributed by atoms with Crippen molar-refractivity contribution in [3.8, 4) is 17.3 Å². The molecule has 8 nitrogen and oxygen atoms in total. The van der Waals surface area contributed by atoms with Gasteiger partial charge in [0.15, 0.2) is 5.13 Å². The highest BCUT2D eigenvalue weighted by atomic mass is 32.1. The fraction of sp³-hybridized carbons (Fsp3) is 0.219. The van der Waals surface area contributed by atoms with E-state index in [2.05, 4.69) is 50.9 Å². The zero-order valence-corrected chi connectivity index (χ0v) is 23.1. The van der Waals surface area contributed by atoms with Crippen molar-refractivity contribution in [1.29, 1.82) is 5.26 Å². The summed E-state index contributed by atoms with van der Waals surface area (Å²) in [5.41, 5.74) is 7.68. The molecule has 1 atom stereocenters. The molecule has 0 bridgehead atoms. The van der Waals surface area contributed by atoms with Crippen LogP contribution in [0.1, 0.15) is 44.0 Å². The molecule has 0 radical (unpaired) electrons. The fourth-order valence-corrected chi connectivity index (χ4v) is 6.89. The predicted octanol–water partition coefficient (Wildman–Crippen LogP) is 5.49. The molecule has 2 aliphatic rings. The minimum atomic E-state index is -0.167. The average molecular weight is 558 g/mol. The van der Waals surface area contributed by atoms with Gasteiger partial charge >= 0.3 is 0 Å². The minimum Gasteiger partial charge on any atom is -0.368 e.